The number of rotatable bonds is 1. The van der Waals surface area contributed by atoms with Crippen LogP contribution in [0.2, 0.25) is 0 Å². The van der Waals surface area contributed by atoms with Crippen LogP contribution in [0.5, 0.6) is 0 Å². The lowest BCUT2D eigenvalue weighted by Crippen LogP contribution is -2.29. The fourth-order valence-corrected chi connectivity index (χ4v) is 4.20. The molecule has 0 aliphatic heterocycles. The van der Waals surface area contributed by atoms with Crippen molar-refractivity contribution < 1.29 is 0 Å². The summed E-state index contributed by atoms with van der Waals surface area (Å²) in [5, 5.41) is 0. The summed E-state index contributed by atoms with van der Waals surface area (Å²) in [5.74, 6) is 0.846. The molecule has 0 radical (unpaired) electrons. The van der Waals surface area contributed by atoms with Crippen molar-refractivity contribution in [2.24, 2.45) is 5.41 Å². The Labute approximate surface area is 112 Å². The maximum Gasteiger partial charge on any atom is -0.0162 e. The molecular formula is C18H26. The first kappa shape index (κ1) is 12.3. The van der Waals surface area contributed by atoms with Gasteiger partial charge in [-0.1, -0.05) is 49.1 Å². The van der Waals surface area contributed by atoms with Gasteiger partial charge in [-0.05, 0) is 62.3 Å². The van der Waals surface area contributed by atoms with E-state index in [-0.39, 0.29) is 0 Å². The van der Waals surface area contributed by atoms with Crippen LogP contribution in [0.1, 0.15) is 74.8 Å². The van der Waals surface area contributed by atoms with Crippen LogP contribution in [-0.4, -0.2) is 0 Å². The second kappa shape index (κ2) is 5.07. The summed E-state index contributed by atoms with van der Waals surface area (Å²) in [6, 6.07) is 9.28. The second-order valence-corrected chi connectivity index (χ2v) is 6.75. The zero-order chi connectivity index (χ0) is 12.4. The topological polar surface area (TPSA) is 0 Å². The van der Waals surface area contributed by atoms with E-state index in [9.17, 15) is 0 Å². The van der Waals surface area contributed by atoms with E-state index in [4.69, 9.17) is 0 Å². The molecule has 18 heavy (non-hydrogen) atoms. The van der Waals surface area contributed by atoms with Crippen molar-refractivity contribution in [1.82, 2.24) is 0 Å². The van der Waals surface area contributed by atoms with Gasteiger partial charge in [0.1, 0.15) is 0 Å². The van der Waals surface area contributed by atoms with Crippen molar-refractivity contribution >= 4 is 0 Å². The summed E-state index contributed by atoms with van der Waals surface area (Å²) < 4.78 is 0. The lowest BCUT2D eigenvalue weighted by Gasteiger charge is -2.43. The van der Waals surface area contributed by atoms with Crippen molar-refractivity contribution in [3.8, 4) is 0 Å². The molecule has 2 fully saturated rings. The van der Waals surface area contributed by atoms with E-state index in [1.165, 1.54) is 63.4 Å². The molecule has 0 N–H and O–H groups in total. The normalized spacial score (nSPS) is 24.3. The third-order valence-corrected chi connectivity index (χ3v) is 5.51. The highest BCUT2D eigenvalue weighted by Crippen LogP contribution is 2.50. The highest BCUT2D eigenvalue weighted by molar-refractivity contribution is 5.25. The van der Waals surface area contributed by atoms with Gasteiger partial charge >= 0.3 is 0 Å². The molecule has 0 nitrogen and oxygen atoms in total. The zero-order valence-corrected chi connectivity index (χ0v) is 11.8. The quantitative estimate of drug-likeness (QED) is 0.601. The minimum absolute atomic E-state index is 0.763. The fraction of sp³-hybridized carbons (Fsp3) is 0.667. The molecule has 0 atom stereocenters. The van der Waals surface area contributed by atoms with Gasteiger partial charge in [0.05, 0.1) is 0 Å². The van der Waals surface area contributed by atoms with Crippen LogP contribution in [0.3, 0.4) is 0 Å². The maximum absolute atomic E-state index is 2.36. The van der Waals surface area contributed by atoms with E-state index >= 15 is 0 Å². The summed E-state index contributed by atoms with van der Waals surface area (Å²) in [7, 11) is 0. The SMILES string of the molecule is Cc1ccc(C2CCC3(CCCCC3)CC2)cc1. The summed E-state index contributed by atoms with van der Waals surface area (Å²) in [6.45, 7) is 2.18. The average Bonchev–Trinajstić information content (AvgIpc) is 2.42. The third kappa shape index (κ3) is 2.48. The Morgan fingerprint density at radius 1 is 0.833 bits per heavy atom. The second-order valence-electron chi connectivity index (χ2n) is 6.75. The summed E-state index contributed by atoms with van der Waals surface area (Å²) in [6.07, 6.45) is 13.4. The molecule has 98 valence electrons. The maximum atomic E-state index is 2.36. The Hall–Kier alpha value is -0.780. The molecule has 1 spiro atoms. The van der Waals surface area contributed by atoms with Crippen molar-refractivity contribution in [3.63, 3.8) is 0 Å². The molecule has 0 bridgehead atoms. The van der Waals surface area contributed by atoms with E-state index < -0.39 is 0 Å². The van der Waals surface area contributed by atoms with E-state index in [2.05, 4.69) is 31.2 Å². The van der Waals surface area contributed by atoms with Crippen LogP contribution >= 0.6 is 0 Å². The molecule has 0 heteroatoms. The Morgan fingerprint density at radius 2 is 1.44 bits per heavy atom. The number of hydrogen-bond acceptors (Lipinski definition) is 0. The molecule has 1 aromatic carbocycles. The van der Waals surface area contributed by atoms with Gasteiger partial charge in [0.2, 0.25) is 0 Å². The molecule has 0 amide bonds. The van der Waals surface area contributed by atoms with Gasteiger partial charge < -0.3 is 0 Å². The minimum atomic E-state index is 0.763. The molecule has 0 unspecified atom stereocenters. The van der Waals surface area contributed by atoms with E-state index in [1.54, 1.807) is 5.56 Å². The first-order valence-electron chi connectivity index (χ1n) is 7.84. The predicted molar refractivity (Wildman–Crippen MR) is 77.9 cm³/mol. The van der Waals surface area contributed by atoms with Gasteiger partial charge in [-0.15, -0.1) is 0 Å². The molecule has 2 aliphatic carbocycles. The van der Waals surface area contributed by atoms with Crippen LogP contribution in [0.25, 0.3) is 0 Å². The van der Waals surface area contributed by atoms with E-state index in [1.807, 2.05) is 0 Å². The molecule has 3 rings (SSSR count). The minimum Gasteiger partial charge on any atom is -0.0590 e. The third-order valence-electron chi connectivity index (χ3n) is 5.51. The Morgan fingerprint density at radius 3 is 2.06 bits per heavy atom. The summed E-state index contributed by atoms with van der Waals surface area (Å²) in [5.41, 5.74) is 3.74. The Balaban J connectivity index is 1.64. The van der Waals surface area contributed by atoms with Crippen LogP contribution in [-0.2, 0) is 0 Å². The molecule has 0 heterocycles. The van der Waals surface area contributed by atoms with Crippen LogP contribution in [0.15, 0.2) is 24.3 Å². The van der Waals surface area contributed by atoms with Crippen molar-refractivity contribution in [3.05, 3.63) is 35.4 Å². The molecular weight excluding hydrogens is 216 g/mol. The van der Waals surface area contributed by atoms with Gasteiger partial charge in [0.25, 0.3) is 0 Å². The number of aryl methyl sites for hydroxylation is 1. The largest absolute Gasteiger partial charge is 0.0590 e. The van der Waals surface area contributed by atoms with Gasteiger partial charge in [0.15, 0.2) is 0 Å². The lowest BCUT2D eigenvalue weighted by atomic mass is 9.62. The van der Waals surface area contributed by atoms with Crippen molar-refractivity contribution in [2.45, 2.75) is 70.6 Å². The van der Waals surface area contributed by atoms with Crippen molar-refractivity contribution in [2.75, 3.05) is 0 Å². The molecule has 1 aromatic rings. The average molecular weight is 242 g/mol. The van der Waals surface area contributed by atoms with E-state index in [0.29, 0.717) is 0 Å². The van der Waals surface area contributed by atoms with Crippen molar-refractivity contribution in [1.29, 1.82) is 0 Å². The zero-order valence-electron chi connectivity index (χ0n) is 11.8. The highest BCUT2D eigenvalue weighted by atomic mass is 14.4. The predicted octanol–water partition coefficient (Wildman–Crippen LogP) is 5.60. The van der Waals surface area contributed by atoms with Gasteiger partial charge in [0, 0.05) is 0 Å². The Bertz CT molecular complexity index is 371. The fourth-order valence-electron chi connectivity index (χ4n) is 4.20. The monoisotopic (exact) mass is 242 g/mol. The standard InChI is InChI=1S/C18H26/c1-15-5-7-16(8-6-15)17-9-13-18(14-10-17)11-3-2-4-12-18/h5-8,17H,2-4,9-14H2,1H3. The van der Waals surface area contributed by atoms with E-state index in [0.717, 1.165) is 11.3 Å². The Kier molecular flexibility index (Phi) is 3.46. The van der Waals surface area contributed by atoms with Gasteiger partial charge in [-0.2, -0.15) is 0 Å². The summed E-state index contributed by atoms with van der Waals surface area (Å²) in [4.78, 5) is 0. The van der Waals surface area contributed by atoms with Gasteiger partial charge in [-0.25, -0.2) is 0 Å². The molecule has 2 saturated carbocycles. The first-order valence-corrected chi connectivity index (χ1v) is 7.84. The lowest BCUT2D eigenvalue weighted by molar-refractivity contribution is 0.114. The summed E-state index contributed by atoms with van der Waals surface area (Å²) >= 11 is 0. The molecule has 2 aliphatic rings. The number of benzene rings is 1. The first-order chi connectivity index (χ1) is 8.77. The smallest absolute Gasteiger partial charge is 0.0162 e. The highest BCUT2D eigenvalue weighted by Gasteiger charge is 2.36. The number of hydrogen-bond donors (Lipinski definition) is 0. The van der Waals surface area contributed by atoms with Crippen LogP contribution in [0, 0.1) is 12.3 Å². The molecule has 0 saturated heterocycles. The van der Waals surface area contributed by atoms with Crippen LogP contribution < -0.4 is 0 Å². The van der Waals surface area contributed by atoms with Crippen LogP contribution in [0.4, 0.5) is 0 Å². The molecule has 0 aromatic heterocycles. The van der Waals surface area contributed by atoms with Gasteiger partial charge in [-0.3, -0.25) is 0 Å².